The minimum atomic E-state index is 0.728. The molecule has 0 saturated carbocycles. The van der Waals surface area contributed by atoms with Gasteiger partial charge >= 0.3 is 0 Å². The maximum Gasteiger partial charge on any atom is 0.144 e. The van der Waals surface area contributed by atoms with Gasteiger partial charge in [-0.25, -0.2) is 0 Å². The maximum atomic E-state index is 6.33. The van der Waals surface area contributed by atoms with E-state index in [1.807, 2.05) is 6.07 Å². The molecule has 0 amide bonds. The normalized spacial score (nSPS) is 19.3. The van der Waals surface area contributed by atoms with Gasteiger partial charge in [0, 0.05) is 13.1 Å². The van der Waals surface area contributed by atoms with Gasteiger partial charge in [0.2, 0.25) is 0 Å². The minimum absolute atomic E-state index is 0.728. The van der Waals surface area contributed by atoms with Crippen molar-refractivity contribution >= 4 is 11.4 Å². The second kappa shape index (κ2) is 8.16. The first-order chi connectivity index (χ1) is 10.3. The fourth-order valence-corrected chi connectivity index (χ4v) is 3.25. The van der Waals surface area contributed by atoms with Crippen LogP contribution < -0.4 is 15.4 Å². The van der Waals surface area contributed by atoms with Crippen molar-refractivity contribution in [2.75, 3.05) is 30.3 Å². The lowest BCUT2D eigenvalue weighted by molar-refractivity contribution is 0.319. The van der Waals surface area contributed by atoms with Gasteiger partial charge in [0.15, 0.2) is 0 Å². The van der Waals surface area contributed by atoms with Crippen molar-refractivity contribution in [1.82, 2.24) is 0 Å². The fourth-order valence-electron chi connectivity index (χ4n) is 3.25. The highest BCUT2D eigenvalue weighted by Crippen LogP contribution is 2.34. The molecule has 0 radical (unpaired) electrons. The molecule has 1 heterocycles. The Bertz CT molecular complexity index is 433. The van der Waals surface area contributed by atoms with Gasteiger partial charge < -0.3 is 15.4 Å². The van der Waals surface area contributed by atoms with E-state index in [1.165, 1.54) is 32.1 Å². The number of nitrogen functional groups attached to an aromatic ring is 1. The van der Waals surface area contributed by atoms with Gasteiger partial charge in [-0.1, -0.05) is 32.8 Å². The molecule has 0 aromatic heterocycles. The van der Waals surface area contributed by atoms with Crippen LogP contribution in [-0.4, -0.2) is 19.7 Å². The van der Waals surface area contributed by atoms with Crippen molar-refractivity contribution in [3.8, 4) is 5.75 Å². The molecule has 21 heavy (non-hydrogen) atoms. The first-order valence-electron chi connectivity index (χ1n) is 8.52. The van der Waals surface area contributed by atoms with Gasteiger partial charge in [0.05, 0.1) is 18.0 Å². The number of nitrogens with two attached hydrogens (primary N) is 1. The summed E-state index contributed by atoms with van der Waals surface area (Å²) >= 11 is 0. The lowest BCUT2D eigenvalue weighted by atomic mass is 9.96. The third-order valence-electron chi connectivity index (χ3n) is 4.39. The molecule has 0 aliphatic carbocycles. The van der Waals surface area contributed by atoms with Crippen LogP contribution in [0, 0.1) is 5.92 Å². The SMILES string of the molecule is CCCOc1cccc(N2CCCC(CCC)CC2)c1N. The van der Waals surface area contributed by atoms with Gasteiger partial charge in [0.1, 0.15) is 5.75 Å². The van der Waals surface area contributed by atoms with Crippen LogP contribution in [0.2, 0.25) is 0 Å². The predicted octanol–water partition coefficient (Wildman–Crippen LogP) is 4.46. The van der Waals surface area contributed by atoms with Crippen LogP contribution in [0.4, 0.5) is 11.4 Å². The molecule has 1 aliphatic heterocycles. The van der Waals surface area contributed by atoms with Crippen molar-refractivity contribution in [2.45, 2.75) is 52.4 Å². The van der Waals surface area contributed by atoms with Gasteiger partial charge in [-0.2, -0.15) is 0 Å². The Labute approximate surface area is 129 Å². The summed E-state index contributed by atoms with van der Waals surface area (Å²) in [5.41, 5.74) is 8.29. The predicted molar refractivity (Wildman–Crippen MR) is 91.1 cm³/mol. The number of anilines is 2. The van der Waals surface area contributed by atoms with Gasteiger partial charge in [0.25, 0.3) is 0 Å². The van der Waals surface area contributed by atoms with Crippen LogP contribution in [0.3, 0.4) is 0 Å². The number of hydrogen-bond acceptors (Lipinski definition) is 3. The fraction of sp³-hybridized carbons (Fsp3) is 0.667. The lowest BCUT2D eigenvalue weighted by Gasteiger charge is -2.25. The number of hydrogen-bond donors (Lipinski definition) is 1. The summed E-state index contributed by atoms with van der Waals surface area (Å²) in [5.74, 6) is 1.73. The molecule has 1 unspecified atom stereocenters. The van der Waals surface area contributed by atoms with Crippen molar-refractivity contribution in [2.24, 2.45) is 5.92 Å². The van der Waals surface area contributed by atoms with Crippen LogP contribution in [-0.2, 0) is 0 Å². The summed E-state index contributed by atoms with van der Waals surface area (Å²) in [4.78, 5) is 2.45. The monoisotopic (exact) mass is 290 g/mol. The molecule has 1 fully saturated rings. The van der Waals surface area contributed by atoms with E-state index in [9.17, 15) is 0 Å². The Morgan fingerprint density at radius 3 is 2.81 bits per heavy atom. The summed E-state index contributed by atoms with van der Waals surface area (Å²) in [7, 11) is 0. The van der Waals surface area contributed by atoms with Crippen LogP contribution in [0.5, 0.6) is 5.75 Å². The summed E-state index contributed by atoms with van der Waals surface area (Å²) in [6.45, 7) is 7.36. The van der Waals surface area contributed by atoms with E-state index in [0.717, 1.165) is 49.2 Å². The average molecular weight is 290 g/mol. The van der Waals surface area contributed by atoms with Crippen LogP contribution in [0.15, 0.2) is 18.2 Å². The smallest absolute Gasteiger partial charge is 0.144 e. The van der Waals surface area contributed by atoms with Crippen LogP contribution >= 0.6 is 0 Å². The molecule has 3 heteroatoms. The van der Waals surface area contributed by atoms with E-state index in [2.05, 4.69) is 30.9 Å². The molecule has 1 aliphatic rings. The zero-order chi connectivity index (χ0) is 15.1. The summed E-state index contributed by atoms with van der Waals surface area (Å²) in [6.07, 6.45) is 7.58. The number of para-hydroxylation sites is 1. The minimum Gasteiger partial charge on any atom is -0.491 e. The van der Waals surface area contributed by atoms with Crippen molar-refractivity contribution in [1.29, 1.82) is 0 Å². The quantitative estimate of drug-likeness (QED) is 0.786. The summed E-state index contributed by atoms with van der Waals surface area (Å²) < 4.78 is 5.76. The molecule has 1 aromatic rings. The molecule has 118 valence electrons. The molecular formula is C18H30N2O. The average Bonchev–Trinajstić information content (AvgIpc) is 2.72. The van der Waals surface area contributed by atoms with E-state index in [-0.39, 0.29) is 0 Å². The van der Waals surface area contributed by atoms with E-state index in [1.54, 1.807) is 0 Å². The molecule has 1 saturated heterocycles. The molecule has 3 nitrogen and oxygen atoms in total. The van der Waals surface area contributed by atoms with E-state index < -0.39 is 0 Å². The molecule has 1 aromatic carbocycles. The second-order valence-electron chi connectivity index (χ2n) is 6.11. The zero-order valence-corrected chi connectivity index (χ0v) is 13.6. The molecule has 0 bridgehead atoms. The largest absolute Gasteiger partial charge is 0.491 e. The van der Waals surface area contributed by atoms with Crippen LogP contribution in [0.25, 0.3) is 0 Å². The third kappa shape index (κ3) is 4.29. The Balaban J connectivity index is 2.07. The number of ether oxygens (including phenoxy) is 1. The Kier molecular flexibility index (Phi) is 6.21. The lowest BCUT2D eigenvalue weighted by Crippen LogP contribution is -2.25. The van der Waals surface area contributed by atoms with E-state index in [0.29, 0.717) is 0 Å². The van der Waals surface area contributed by atoms with Gasteiger partial charge in [-0.3, -0.25) is 0 Å². The Morgan fingerprint density at radius 1 is 1.19 bits per heavy atom. The highest BCUT2D eigenvalue weighted by atomic mass is 16.5. The third-order valence-corrected chi connectivity index (χ3v) is 4.39. The summed E-state index contributed by atoms with van der Waals surface area (Å²) in [6, 6.07) is 6.17. The zero-order valence-electron chi connectivity index (χ0n) is 13.6. The van der Waals surface area contributed by atoms with Gasteiger partial charge in [-0.05, 0) is 43.7 Å². The molecule has 2 rings (SSSR count). The molecule has 0 spiro atoms. The Morgan fingerprint density at radius 2 is 2.05 bits per heavy atom. The van der Waals surface area contributed by atoms with Gasteiger partial charge in [-0.15, -0.1) is 0 Å². The van der Waals surface area contributed by atoms with Crippen molar-refractivity contribution in [3.63, 3.8) is 0 Å². The van der Waals surface area contributed by atoms with E-state index in [4.69, 9.17) is 10.5 Å². The first-order valence-corrected chi connectivity index (χ1v) is 8.52. The maximum absolute atomic E-state index is 6.33. The number of nitrogens with zero attached hydrogens (tertiary/aromatic N) is 1. The molecular weight excluding hydrogens is 260 g/mol. The van der Waals surface area contributed by atoms with Crippen molar-refractivity contribution in [3.05, 3.63) is 18.2 Å². The highest BCUT2D eigenvalue weighted by molar-refractivity contribution is 5.74. The molecule has 2 N–H and O–H groups in total. The first kappa shape index (κ1) is 16.0. The standard InChI is InChI=1S/C18H30N2O/c1-3-7-15-8-6-12-20(13-11-15)16-9-5-10-17(18(16)19)21-14-4-2/h5,9-10,15H,3-4,6-8,11-14,19H2,1-2H3. The number of rotatable bonds is 6. The van der Waals surface area contributed by atoms with E-state index >= 15 is 0 Å². The highest BCUT2D eigenvalue weighted by Gasteiger charge is 2.19. The van der Waals surface area contributed by atoms with Crippen molar-refractivity contribution < 1.29 is 4.74 Å². The number of benzene rings is 1. The molecule has 1 atom stereocenters. The topological polar surface area (TPSA) is 38.5 Å². The van der Waals surface area contributed by atoms with Crippen LogP contribution in [0.1, 0.15) is 52.4 Å². The summed E-state index contributed by atoms with van der Waals surface area (Å²) in [5, 5.41) is 0. The second-order valence-corrected chi connectivity index (χ2v) is 6.11. The Hall–Kier alpha value is -1.38.